The lowest BCUT2D eigenvalue weighted by molar-refractivity contribution is 0.0978. The second-order valence-corrected chi connectivity index (χ2v) is 5.38. The maximum Gasteiger partial charge on any atom is 0.280 e. The Morgan fingerprint density at radius 3 is 2.71 bits per heavy atom. The molecular weight excluding hydrogens is 264 g/mol. The summed E-state index contributed by atoms with van der Waals surface area (Å²) in [5.41, 5.74) is 2.42. The summed E-state index contributed by atoms with van der Waals surface area (Å²) < 4.78 is 5.42. The van der Waals surface area contributed by atoms with Crippen LogP contribution in [0.4, 0.5) is 5.69 Å². The van der Waals surface area contributed by atoms with Crippen LogP contribution in [0, 0.1) is 0 Å². The number of nitrogens with zero attached hydrogens (tertiary/aromatic N) is 2. The number of benzene rings is 1. The van der Waals surface area contributed by atoms with Crippen molar-refractivity contribution in [2.45, 2.75) is 39.0 Å². The summed E-state index contributed by atoms with van der Waals surface area (Å²) in [6.07, 6.45) is 5.20. The van der Waals surface area contributed by atoms with Crippen LogP contribution in [0.2, 0.25) is 0 Å². The molecule has 1 aromatic heterocycles. The van der Waals surface area contributed by atoms with E-state index in [0.717, 1.165) is 42.7 Å². The van der Waals surface area contributed by atoms with E-state index in [-0.39, 0.29) is 5.91 Å². The summed E-state index contributed by atoms with van der Waals surface area (Å²) in [7, 11) is 0. The van der Waals surface area contributed by atoms with E-state index in [1.54, 1.807) is 4.90 Å². The normalized spacial score (nSPS) is 14.3. The van der Waals surface area contributed by atoms with Crippen LogP contribution in [-0.4, -0.2) is 17.6 Å². The van der Waals surface area contributed by atoms with E-state index in [1.807, 2.05) is 37.3 Å². The third-order valence-electron chi connectivity index (χ3n) is 4.03. The van der Waals surface area contributed by atoms with Crippen molar-refractivity contribution in [3.63, 3.8) is 0 Å². The van der Waals surface area contributed by atoms with E-state index in [1.165, 1.54) is 6.42 Å². The van der Waals surface area contributed by atoms with Gasteiger partial charge in [-0.3, -0.25) is 4.79 Å². The highest BCUT2D eigenvalue weighted by atomic mass is 16.5. The number of hydrogen-bond donors (Lipinski definition) is 0. The van der Waals surface area contributed by atoms with Gasteiger partial charge in [0.05, 0.1) is 0 Å². The first-order valence-electron chi connectivity index (χ1n) is 7.65. The summed E-state index contributed by atoms with van der Waals surface area (Å²) >= 11 is 0. The first kappa shape index (κ1) is 13.9. The zero-order valence-electron chi connectivity index (χ0n) is 12.3. The number of hydrogen-bond acceptors (Lipinski definition) is 3. The van der Waals surface area contributed by atoms with Gasteiger partial charge in [0, 0.05) is 24.2 Å². The van der Waals surface area contributed by atoms with Gasteiger partial charge in [0.1, 0.15) is 5.76 Å². The highest BCUT2D eigenvalue weighted by Gasteiger charge is 2.26. The summed E-state index contributed by atoms with van der Waals surface area (Å²) in [5.74, 6) is 0.843. The first-order chi connectivity index (χ1) is 10.3. The standard InChI is InChI=1S/C17H20N2O2/c1-2-19(13-9-5-3-6-10-13)17(20)16-14-11-7-4-8-12-15(14)21-18-16/h3,5-6,9-10H,2,4,7-8,11-12H2,1H3. The molecule has 0 radical (unpaired) electrons. The van der Waals surface area contributed by atoms with Gasteiger partial charge in [-0.1, -0.05) is 29.8 Å². The molecule has 0 fully saturated rings. The molecule has 2 aromatic rings. The highest BCUT2D eigenvalue weighted by molar-refractivity contribution is 6.05. The number of carbonyl (C=O) groups is 1. The van der Waals surface area contributed by atoms with Crippen LogP contribution < -0.4 is 4.90 Å². The number of rotatable bonds is 3. The summed E-state index contributed by atoms with van der Waals surface area (Å²) in [6.45, 7) is 2.59. The van der Waals surface area contributed by atoms with Gasteiger partial charge in [0.25, 0.3) is 5.91 Å². The molecule has 1 amide bonds. The zero-order chi connectivity index (χ0) is 14.7. The molecule has 1 aliphatic rings. The van der Waals surface area contributed by atoms with Gasteiger partial charge in [-0.15, -0.1) is 0 Å². The van der Waals surface area contributed by atoms with Crippen LogP contribution in [0.1, 0.15) is 48.0 Å². The SMILES string of the molecule is CCN(C(=O)c1noc2c1CCCCC2)c1ccccc1. The monoisotopic (exact) mass is 284 g/mol. The van der Waals surface area contributed by atoms with E-state index in [4.69, 9.17) is 4.52 Å². The van der Waals surface area contributed by atoms with Crippen LogP contribution in [0.5, 0.6) is 0 Å². The molecule has 0 atom stereocenters. The fraction of sp³-hybridized carbons (Fsp3) is 0.412. The van der Waals surface area contributed by atoms with Crippen molar-refractivity contribution in [1.82, 2.24) is 5.16 Å². The van der Waals surface area contributed by atoms with Gasteiger partial charge < -0.3 is 9.42 Å². The molecule has 1 aromatic carbocycles. The van der Waals surface area contributed by atoms with Crippen molar-refractivity contribution in [3.05, 3.63) is 47.3 Å². The van der Waals surface area contributed by atoms with Gasteiger partial charge in [-0.2, -0.15) is 0 Å². The molecule has 1 heterocycles. The first-order valence-corrected chi connectivity index (χ1v) is 7.65. The van der Waals surface area contributed by atoms with Crippen molar-refractivity contribution in [2.75, 3.05) is 11.4 Å². The molecule has 0 N–H and O–H groups in total. The number of anilines is 1. The van der Waals surface area contributed by atoms with Crippen LogP contribution in [0.25, 0.3) is 0 Å². The van der Waals surface area contributed by atoms with Crippen LogP contribution in [0.15, 0.2) is 34.9 Å². The molecule has 4 nitrogen and oxygen atoms in total. The topological polar surface area (TPSA) is 46.3 Å². The molecule has 0 bridgehead atoms. The molecule has 4 heteroatoms. The van der Waals surface area contributed by atoms with Crippen LogP contribution in [-0.2, 0) is 12.8 Å². The van der Waals surface area contributed by atoms with E-state index in [2.05, 4.69) is 5.16 Å². The Bertz CT molecular complexity index is 619. The molecule has 21 heavy (non-hydrogen) atoms. The molecule has 0 saturated heterocycles. The number of carbonyl (C=O) groups excluding carboxylic acids is 1. The Kier molecular flexibility index (Phi) is 4.04. The minimum absolute atomic E-state index is 0.0596. The van der Waals surface area contributed by atoms with E-state index >= 15 is 0 Å². The quantitative estimate of drug-likeness (QED) is 0.809. The molecule has 3 rings (SSSR count). The van der Waals surface area contributed by atoms with Gasteiger partial charge >= 0.3 is 0 Å². The summed E-state index contributed by atoms with van der Waals surface area (Å²) in [5, 5.41) is 4.07. The predicted octanol–water partition coefficient (Wildman–Crippen LogP) is 3.61. The Morgan fingerprint density at radius 1 is 1.19 bits per heavy atom. The van der Waals surface area contributed by atoms with E-state index in [0.29, 0.717) is 12.2 Å². The lowest BCUT2D eigenvalue weighted by atomic mass is 10.1. The molecule has 1 aliphatic carbocycles. The minimum atomic E-state index is -0.0596. The minimum Gasteiger partial charge on any atom is -0.360 e. The highest BCUT2D eigenvalue weighted by Crippen LogP contribution is 2.26. The van der Waals surface area contributed by atoms with Gasteiger partial charge in [0.2, 0.25) is 0 Å². The third kappa shape index (κ3) is 2.71. The second kappa shape index (κ2) is 6.12. The van der Waals surface area contributed by atoms with Gasteiger partial charge in [-0.25, -0.2) is 0 Å². The molecule has 0 aliphatic heterocycles. The second-order valence-electron chi connectivity index (χ2n) is 5.38. The Balaban J connectivity index is 1.92. The number of aryl methyl sites for hydroxylation is 1. The lowest BCUT2D eigenvalue weighted by Gasteiger charge is -2.20. The number of aromatic nitrogens is 1. The summed E-state index contributed by atoms with van der Waals surface area (Å²) in [6, 6.07) is 9.72. The fourth-order valence-corrected chi connectivity index (χ4v) is 2.91. The van der Waals surface area contributed by atoms with Crippen molar-refractivity contribution in [3.8, 4) is 0 Å². The fourth-order valence-electron chi connectivity index (χ4n) is 2.91. The largest absolute Gasteiger partial charge is 0.360 e. The Hall–Kier alpha value is -2.10. The molecule has 0 unspecified atom stereocenters. The number of para-hydroxylation sites is 1. The lowest BCUT2D eigenvalue weighted by Crippen LogP contribution is -2.31. The Labute approximate surface area is 124 Å². The number of fused-ring (bicyclic) bond motifs is 1. The molecule has 110 valence electrons. The molecule has 0 spiro atoms. The van der Waals surface area contributed by atoms with Crippen molar-refractivity contribution in [2.24, 2.45) is 0 Å². The van der Waals surface area contributed by atoms with Crippen LogP contribution >= 0.6 is 0 Å². The molecule has 0 saturated carbocycles. The van der Waals surface area contributed by atoms with Gasteiger partial charge in [-0.05, 0) is 38.3 Å². The predicted molar refractivity (Wildman–Crippen MR) is 81.6 cm³/mol. The van der Waals surface area contributed by atoms with Crippen molar-refractivity contribution >= 4 is 11.6 Å². The summed E-state index contributed by atoms with van der Waals surface area (Å²) in [4.78, 5) is 14.6. The van der Waals surface area contributed by atoms with Crippen molar-refractivity contribution < 1.29 is 9.32 Å². The third-order valence-corrected chi connectivity index (χ3v) is 4.03. The number of amides is 1. The van der Waals surface area contributed by atoms with E-state index < -0.39 is 0 Å². The Morgan fingerprint density at radius 2 is 1.95 bits per heavy atom. The smallest absolute Gasteiger partial charge is 0.280 e. The molecular formula is C17H20N2O2. The average molecular weight is 284 g/mol. The van der Waals surface area contributed by atoms with Crippen LogP contribution in [0.3, 0.4) is 0 Å². The van der Waals surface area contributed by atoms with E-state index in [9.17, 15) is 4.79 Å². The van der Waals surface area contributed by atoms with Crippen molar-refractivity contribution in [1.29, 1.82) is 0 Å². The maximum atomic E-state index is 12.8. The maximum absolute atomic E-state index is 12.8. The average Bonchev–Trinajstić information content (AvgIpc) is 2.78. The van der Waals surface area contributed by atoms with Gasteiger partial charge in [0.15, 0.2) is 5.69 Å². The zero-order valence-corrected chi connectivity index (χ0v) is 12.3.